The first-order valence-electron chi connectivity index (χ1n) is 7.95. The first kappa shape index (κ1) is 16.6. The maximum absolute atomic E-state index is 12.3. The molecule has 1 unspecified atom stereocenters. The van der Waals surface area contributed by atoms with Gasteiger partial charge >= 0.3 is 0 Å². The van der Waals surface area contributed by atoms with Gasteiger partial charge in [-0.25, -0.2) is 4.98 Å². The topological polar surface area (TPSA) is 97.1 Å². The van der Waals surface area contributed by atoms with Gasteiger partial charge in [-0.15, -0.1) is 11.3 Å². The number of nitrogens with zero attached hydrogens (tertiary/aromatic N) is 1. The van der Waals surface area contributed by atoms with E-state index in [1.165, 1.54) is 11.3 Å². The Labute approximate surface area is 144 Å². The van der Waals surface area contributed by atoms with Crippen LogP contribution in [0.15, 0.2) is 23.6 Å². The summed E-state index contributed by atoms with van der Waals surface area (Å²) >= 11 is 1.45. The van der Waals surface area contributed by atoms with Gasteiger partial charge in [0.15, 0.2) is 0 Å². The first-order valence-corrected chi connectivity index (χ1v) is 8.83. The third-order valence-electron chi connectivity index (χ3n) is 4.01. The van der Waals surface area contributed by atoms with Gasteiger partial charge in [0.1, 0.15) is 5.69 Å². The molecule has 0 spiro atoms. The van der Waals surface area contributed by atoms with Gasteiger partial charge < -0.3 is 16.4 Å². The van der Waals surface area contributed by atoms with Crippen LogP contribution in [0.3, 0.4) is 0 Å². The number of anilines is 1. The number of fused-ring (bicyclic) bond motifs is 1. The smallest absolute Gasteiger partial charge is 0.271 e. The molecule has 0 bridgehead atoms. The maximum Gasteiger partial charge on any atom is 0.271 e. The molecule has 126 valence electrons. The lowest BCUT2D eigenvalue weighted by Gasteiger charge is -2.20. The Morgan fingerprint density at radius 1 is 1.46 bits per heavy atom. The van der Waals surface area contributed by atoms with Gasteiger partial charge in [0.2, 0.25) is 5.91 Å². The summed E-state index contributed by atoms with van der Waals surface area (Å²) in [5, 5.41) is 8.47. The molecular weight excluding hydrogens is 324 g/mol. The van der Waals surface area contributed by atoms with Crippen molar-refractivity contribution in [2.45, 2.75) is 32.2 Å². The van der Waals surface area contributed by atoms with E-state index in [-0.39, 0.29) is 17.9 Å². The second-order valence-electron chi connectivity index (χ2n) is 5.83. The molecule has 1 aromatic heterocycles. The third-order valence-corrected chi connectivity index (χ3v) is 4.92. The summed E-state index contributed by atoms with van der Waals surface area (Å²) in [5.41, 5.74) is 8.91. The van der Waals surface area contributed by atoms with E-state index in [0.29, 0.717) is 25.1 Å². The Morgan fingerprint density at radius 3 is 3.08 bits per heavy atom. The van der Waals surface area contributed by atoms with Crippen LogP contribution in [0.1, 0.15) is 46.0 Å². The minimum atomic E-state index is -0.187. The van der Waals surface area contributed by atoms with Crippen molar-refractivity contribution < 1.29 is 9.59 Å². The number of rotatable bonds is 5. The van der Waals surface area contributed by atoms with Crippen molar-refractivity contribution in [1.82, 2.24) is 10.3 Å². The van der Waals surface area contributed by atoms with E-state index in [0.717, 1.165) is 28.2 Å². The Balaban J connectivity index is 1.69. The predicted octanol–water partition coefficient (Wildman–Crippen LogP) is 2.02. The average molecular weight is 344 g/mol. The van der Waals surface area contributed by atoms with Crippen molar-refractivity contribution >= 4 is 28.8 Å². The second kappa shape index (κ2) is 7.11. The van der Waals surface area contributed by atoms with Crippen molar-refractivity contribution in [1.29, 1.82) is 0 Å². The van der Waals surface area contributed by atoms with E-state index < -0.39 is 0 Å². The fourth-order valence-corrected chi connectivity index (χ4v) is 3.47. The lowest BCUT2D eigenvalue weighted by Crippen LogP contribution is -2.27. The highest BCUT2D eigenvalue weighted by Gasteiger charge is 2.18. The number of nitrogens with two attached hydrogens (primary N) is 1. The van der Waals surface area contributed by atoms with Crippen LogP contribution in [0.25, 0.3) is 0 Å². The van der Waals surface area contributed by atoms with Crippen LogP contribution < -0.4 is 16.4 Å². The molecule has 4 N–H and O–H groups in total. The molecule has 0 saturated carbocycles. The number of carbonyl (C=O) groups is 2. The Kier molecular flexibility index (Phi) is 4.92. The SMILES string of the molecule is CC(NC(=O)c1csc(CCN)n1)c1ccc2c(c1)CCC(=O)N2. The molecule has 1 aliphatic heterocycles. The molecule has 1 aromatic carbocycles. The standard InChI is InChI=1S/C17H20N4O2S/c1-10(19-17(23)14-9-24-16(21-14)6-7-18)11-2-4-13-12(8-11)3-5-15(22)20-13/h2,4,8-10H,3,5-7,18H2,1H3,(H,19,23)(H,20,22). The number of aryl methyl sites for hydroxylation is 1. The molecule has 2 aromatic rings. The first-order chi connectivity index (χ1) is 11.6. The van der Waals surface area contributed by atoms with Crippen molar-refractivity contribution in [3.63, 3.8) is 0 Å². The predicted molar refractivity (Wildman–Crippen MR) is 94.1 cm³/mol. The van der Waals surface area contributed by atoms with Crippen LogP contribution in [0.2, 0.25) is 0 Å². The molecule has 7 heteroatoms. The van der Waals surface area contributed by atoms with Crippen molar-refractivity contribution in [2.75, 3.05) is 11.9 Å². The van der Waals surface area contributed by atoms with Crippen molar-refractivity contribution in [3.8, 4) is 0 Å². The molecule has 2 amide bonds. The summed E-state index contributed by atoms with van der Waals surface area (Å²) in [6.07, 6.45) is 1.91. The molecule has 0 saturated heterocycles. The van der Waals surface area contributed by atoms with Crippen molar-refractivity contribution in [2.24, 2.45) is 5.73 Å². The van der Waals surface area contributed by atoms with Crippen LogP contribution in [0.4, 0.5) is 5.69 Å². The number of hydrogen-bond acceptors (Lipinski definition) is 5. The summed E-state index contributed by atoms with van der Waals surface area (Å²) in [4.78, 5) is 28.0. The molecule has 1 aliphatic rings. The number of benzene rings is 1. The Morgan fingerprint density at radius 2 is 2.29 bits per heavy atom. The van der Waals surface area contributed by atoms with E-state index in [2.05, 4.69) is 15.6 Å². The number of thiazole rings is 1. The van der Waals surface area contributed by atoms with Crippen LogP contribution in [0, 0.1) is 0 Å². The van der Waals surface area contributed by atoms with Gasteiger partial charge in [0, 0.05) is 23.9 Å². The van der Waals surface area contributed by atoms with E-state index in [1.54, 1.807) is 5.38 Å². The number of aromatic nitrogens is 1. The van der Waals surface area contributed by atoms with Gasteiger partial charge in [-0.1, -0.05) is 12.1 Å². The normalized spacial score (nSPS) is 14.7. The quantitative estimate of drug-likeness (QED) is 0.773. The van der Waals surface area contributed by atoms with Gasteiger partial charge in [-0.2, -0.15) is 0 Å². The molecule has 24 heavy (non-hydrogen) atoms. The summed E-state index contributed by atoms with van der Waals surface area (Å²) < 4.78 is 0. The average Bonchev–Trinajstić information content (AvgIpc) is 3.03. The lowest BCUT2D eigenvalue weighted by atomic mass is 9.98. The van der Waals surface area contributed by atoms with Gasteiger partial charge in [0.05, 0.1) is 11.0 Å². The molecule has 0 aliphatic carbocycles. The van der Waals surface area contributed by atoms with E-state index in [9.17, 15) is 9.59 Å². The van der Waals surface area contributed by atoms with Crippen LogP contribution in [0.5, 0.6) is 0 Å². The fraction of sp³-hybridized carbons (Fsp3) is 0.353. The summed E-state index contributed by atoms with van der Waals surface area (Å²) in [6, 6.07) is 5.73. The highest BCUT2D eigenvalue weighted by atomic mass is 32.1. The number of hydrogen-bond donors (Lipinski definition) is 3. The summed E-state index contributed by atoms with van der Waals surface area (Å²) in [6.45, 7) is 2.46. The Hall–Kier alpha value is -2.25. The number of carbonyl (C=O) groups excluding carboxylic acids is 2. The molecule has 3 rings (SSSR count). The highest BCUT2D eigenvalue weighted by molar-refractivity contribution is 7.09. The zero-order chi connectivity index (χ0) is 17.1. The number of amides is 2. The largest absolute Gasteiger partial charge is 0.344 e. The molecule has 0 fully saturated rings. The molecule has 0 radical (unpaired) electrons. The minimum Gasteiger partial charge on any atom is -0.344 e. The third kappa shape index (κ3) is 3.63. The fourth-order valence-electron chi connectivity index (χ4n) is 2.68. The Bertz CT molecular complexity index is 772. The van der Waals surface area contributed by atoms with Crippen LogP contribution in [-0.2, 0) is 17.6 Å². The minimum absolute atomic E-state index is 0.0495. The van der Waals surface area contributed by atoms with Crippen LogP contribution in [-0.4, -0.2) is 23.3 Å². The molecular formula is C17H20N4O2S. The molecule has 2 heterocycles. The van der Waals surface area contributed by atoms with Crippen molar-refractivity contribution in [3.05, 3.63) is 45.4 Å². The highest BCUT2D eigenvalue weighted by Crippen LogP contribution is 2.26. The molecule has 6 nitrogen and oxygen atoms in total. The summed E-state index contributed by atoms with van der Waals surface area (Å²) in [5.74, 6) is -0.138. The van der Waals surface area contributed by atoms with Gasteiger partial charge in [-0.05, 0) is 37.1 Å². The zero-order valence-corrected chi connectivity index (χ0v) is 14.3. The van der Waals surface area contributed by atoms with Gasteiger partial charge in [-0.3, -0.25) is 9.59 Å². The van der Waals surface area contributed by atoms with E-state index >= 15 is 0 Å². The second-order valence-corrected chi connectivity index (χ2v) is 6.77. The van der Waals surface area contributed by atoms with Gasteiger partial charge in [0.25, 0.3) is 5.91 Å². The van der Waals surface area contributed by atoms with Crippen LogP contribution >= 0.6 is 11.3 Å². The maximum atomic E-state index is 12.3. The zero-order valence-electron chi connectivity index (χ0n) is 13.5. The number of nitrogens with one attached hydrogen (secondary N) is 2. The lowest BCUT2D eigenvalue weighted by molar-refractivity contribution is -0.116. The van der Waals surface area contributed by atoms with E-state index in [1.807, 2.05) is 25.1 Å². The monoisotopic (exact) mass is 344 g/mol. The summed E-state index contributed by atoms with van der Waals surface area (Å²) in [7, 11) is 0. The molecule has 1 atom stereocenters. The van der Waals surface area contributed by atoms with E-state index in [4.69, 9.17) is 5.73 Å².